The molecule has 0 radical (unpaired) electrons. The minimum atomic E-state index is -4.38. The van der Waals surface area contributed by atoms with E-state index in [1.165, 1.54) is 0 Å². The van der Waals surface area contributed by atoms with Gasteiger partial charge in [-0.25, -0.2) is 0 Å². The van der Waals surface area contributed by atoms with Crippen molar-refractivity contribution in [3.05, 3.63) is 51.5 Å². The van der Waals surface area contributed by atoms with E-state index in [-0.39, 0.29) is 21.7 Å². The van der Waals surface area contributed by atoms with Crippen LogP contribution in [0.4, 0.5) is 13.2 Å². The first kappa shape index (κ1) is 20.4. The molecule has 0 spiro atoms. The highest BCUT2D eigenvalue weighted by atomic mass is 35.5. The highest BCUT2D eigenvalue weighted by Crippen LogP contribution is 2.40. The van der Waals surface area contributed by atoms with Crippen LogP contribution < -0.4 is 0 Å². The van der Waals surface area contributed by atoms with E-state index in [4.69, 9.17) is 23.2 Å². The van der Waals surface area contributed by atoms with Gasteiger partial charge in [0.05, 0.1) is 0 Å². The van der Waals surface area contributed by atoms with Crippen LogP contribution >= 0.6 is 23.2 Å². The Morgan fingerprint density at radius 1 is 1.04 bits per heavy atom. The molecule has 1 saturated carbocycles. The maximum absolute atomic E-state index is 12.3. The first-order valence-electron chi connectivity index (χ1n) is 8.70. The molecule has 0 heterocycles. The fraction of sp³-hybridized carbons (Fsp3) is 0.500. The van der Waals surface area contributed by atoms with Crippen molar-refractivity contribution < 1.29 is 13.2 Å². The first-order valence-corrected chi connectivity index (χ1v) is 9.45. The molecule has 0 aromatic heterocycles. The summed E-state index contributed by atoms with van der Waals surface area (Å²) in [4.78, 5) is 0. The summed E-state index contributed by atoms with van der Waals surface area (Å²) in [6, 6.07) is 3.54. The average molecular weight is 391 g/mol. The van der Waals surface area contributed by atoms with Crippen molar-refractivity contribution >= 4 is 29.3 Å². The molecule has 0 nitrogen and oxygen atoms in total. The largest absolute Gasteiger partial charge is 0.409 e. The molecule has 25 heavy (non-hydrogen) atoms. The van der Waals surface area contributed by atoms with Crippen LogP contribution in [0.25, 0.3) is 6.08 Å². The second-order valence-electron chi connectivity index (χ2n) is 6.61. The SMILES string of the molecule is CC/C=C\CC1CCC(c2cc(Cl)c(/C=C/C(F)(F)F)c(Cl)c2)CC1. The van der Waals surface area contributed by atoms with Crippen molar-refractivity contribution in [3.63, 3.8) is 0 Å². The first-order chi connectivity index (χ1) is 11.8. The number of rotatable bonds is 5. The number of hydrogen-bond donors (Lipinski definition) is 0. The van der Waals surface area contributed by atoms with Crippen molar-refractivity contribution in [1.82, 2.24) is 0 Å². The van der Waals surface area contributed by atoms with E-state index in [1.54, 1.807) is 12.1 Å². The lowest BCUT2D eigenvalue weighted by molar-refractivity contribution is -0.0790. The molecule has 0 saturated heterocycles. The van der Waals surface area contributed by atoms with Gasteiger partial charge < -0.3 is 0 Å². The van der Waals surface area contributed by atoms with Gasteiger partial charge in [0.15, 0.2) is 0 Å². The smallest absolute Gasteiger partial charge is 0.167 e. The van der Waals surface area contributed by atoms with Gasteiger partial charge in [-0.3, -0.25) is 0 Å². The predicted octanol–water partition coefficient (Wildman–Crippen LogP) is 8.20. The van der Waals surface area contributed by atoms with Gasteiger partial charge >= 0.3 is 6.18 Å². The minimum absolute atomic E-state index is 0.162. The van der Waals surface area contributed by atoms with Gasteiger partial charge in [0.25, 0.3) is 0 Å². The standard InChI is InChI=1S/C20H23Cl2F3/c1-2-3-4-5-14-6-8-15(9-7-14)16-12-18(21)17(19(22)13-16)10-11-20(23,24)25/h3-4,10-15H,2,5-9H2,1H3/b4-3-,11-10+. The molecular weight excluding hydrogens is 368 g/mol. The molecule has 5 heteroatoms. The third-order valence-corrected chi connectivity index (χ3v) is 5.36. The van der Waals surface area contributed by atoms with Gasteiger partial charge in [-0.1, -0.05) is 42.3 Å². The summed E-state index contributed by atoms with van der Waals surface area (Å²) >= 11 is 12.4. The van der Waals surface area contributed by atoms with Gasteiger partial charge in [0.1, 0.15) is 0 Å². The van der Waals surface area contributed by atoms with Crippen LogP contribution in [0.5, 0.6) is 0 Å². The van der Waals surface area contributed by atoms with Gasteiger partial charge in [0, 0.05) is 21.7 Å². The number of halogens is 5. The molecule has 1 aromatic carbocycles. The third kappa shape index (κ3) is 6.38. The zero-order chi connectivity index (χ0) is 18.4. The molecule has 0 unspecified atom stereocenters. The summed E-state index contributed by atoms with van der Waals surface area (Å²) in [5.41, 5.74) is 1.25. The molecule has 0 bridgehead atoms. The molecule has 138 valence electrons. The van der Waals surface area contributed by atoms with Crippen LogP contribution in [0.15, 0.2) is 30.4 Å². The van der Waals surface area contributed by atoms with Crippen molar-refractivity contribution in [2.24, 2.45) is 5.92 Å². The lowest BCUT2D eigenvalue weighted by Crippen LogP contribution is -2.13. The summed E-state index contributed by atoms with van der Waals surface area (Å²) < 4.78 is 37.0. The van der Waals surface area contributed by atoms with Crippen LogP contribution in [0.3, 0.4) is 0 Å². The van der Waals surface area contributed by atoms with Crippen LogP contribution in [0.2, 0.25) is 10.0 Å². The maximum Gasteiger partial charge on any atom is 0.409 e. The Morgan fingerprint density at radius 3 is 2.16 bits per heavy atom. The maximum atomic E-state index is 12.3. The normalized spacial score (nSPS) is 22.2. The predicted molar refractivity (Wildman–Crippen MR) is 100 cm³/mol. The Morgan fingerprint density at radius 2 is 1.64 bits per heavy atom. The summed E-state index contributed by atoms with van der Waals surface area (Å²) in [7, 11) is 0. The summed E-state index contributed by atoms with van der Waals surface area (Å²) in [5.74, 6) is 1.10. The number of allylic oxidation sites excluding steroid dienone is 3. The van der Waals surface area contributed by atoms with Gasteiger partial charge in [-0.2, -0.15) is 13.2 Å². The molecule has 1 aromatic rings. The van der Waals surface area contributed by atoms with Crippen LogP contribution in [0.1, 0.15) is 62.5 Å². The van der Waals surface area contributed by atoms with Crippen molar-refractivity contribution in [3.8, 4) is 0 Å². The molecule has 1 aliphatic carbocycles. The molecule has 0 amide bonds. The highest BCUT2D eigenvalue weighted by molar-refractivity contribution is 6.37. The number of alkyl halides is 3. The Balaban J connectivity index is 2.04. The van der Waals surface area contributed by atoms with Gasteiger partial charge in [-0.15, -0.1) is 0 Å². The minimum Gasteiger partial charge on any atom is -0.167 e. The average Bonchev–Trinajstić information content (AvgIpc) is 2.54. The van der Waals surface area contributed by atoms with Crippen LogP contribution in [-0.2, 0) is 0 Å². The molecule has 0 aliphatic heterocycles. The van der Waals surface area contributed by atoms with E-state index >= 15 is 0 Å². The number of hydrogen-bond acceptors (Lipinski definition) is 0. The topological polar surface area (TPSA) is 0 Å². The zero-order valence-electron chi connectivity index (χ0n) is 14.3. The van der Waals surface area contributed by atoms with E-state index in [9.17, 15) is 13.2 Å². The van der Waals surface area contributed by atoms with Crippen molar-refractivity contribution in [1.29, 1.82) is 0 Å². The molecule has 1 aliphatic rings. The monoisotopic (exact) mass is 390 g/mol. The van der Waals surface area contributed by atoms with Gasteiger partial charge in [-0.05, 0) is 74.1 Å². The fourth-order valence-corrected chi connectivity index (χ4v) is 3.99. The van der Waals surface area contributed by atoms with E-state index < -0.39 is 6.18 Å². The Labute approximate surface area is 157 Å². The zero-order valence-corrected chi connectivity index (χ0v) is 15.8. The van der Waals surface area contributed by atoms with Crippen molar-refractivity contribution in [2.45, 2.75) is 57.5 Å². The van der Waals surface area contributed by atoms with E-state index in [1.807, 2.05) is 0 Å². The molecule has 1 fully saturated rings. The Bertz CT molecular complexity index is 601. The summed E-state index contributed by atoms with van der Waals surface area (Å²) in [5, 5.41) is 0.548. The Kier molecular flexibility index (Phi) is 7.45. The quantitative estimate of drug-likeness (QED) is 0.444. The van der Waals surface area contributed by atoms with E-state index in [0.29, 0.717) is 5.92 Å². The number of benzene rings is 1. The third-order valence-electron chi connectivity index (χ3n) is 4.73. The second-order valence-corrected chi connectivity index (χ2v) is 7.42. The second kappa shape index (κ2) is 9.14. The van der Waals surface area contributed by atoms with E-state index in [0.717, 1.165) is 56.1 Å². The van der Waals surface area contributed by atoms with Crippen molar-refractivity contribution in [2.75, 3.05) is 0 Å². The summed E-state index contributed by atoms with van der Waals surface area (Å²) in [6.45, 7) is 2.13. The Hall–Kier alpha value is -0.930. The van der Waals surface area contributed by atoms with E-state index in [2.05, 4.69) is 19.1 Å². The fourth-order valence-electron chi connectivity index (χ4n) is 3.36. The highest BCUT2D eigenvalue weighted by Gasteiger charge is 2.24. The molecular formula is C20H23Cl2F3. The molecule has 0 N–H and O–H groups in total. The lowest BCUT2D eigenvalue weighted by Gasteiger charge is -2.28. The molecule has 2 rings (SSSR count). The molecule has 0 atom stereocenters. The lowest BCUT2D eigenvalue weighted by atomic mass is 9.77. The van der Waals surface area contributed by atoms with Crippen LogP contribution in [-0.4, -0.2) is 6.18 Å². The van der Waals surface area contributed by atoms with Gasteiger partial charge in [0.2, 0.25) is 0 Å². The van der Waals surface area contributed by atoms with Crippen LogP contribution in [0, 0.1) is 5.92 Å². The summed E-state index contributed by atoms with van der Waals surface area (Å²) in [6.07, 6.45) is 7.83.